The summed E-state index contributed by atoms with van der Waals surface area (Å²) in [5, 5.41) is 0. The van der Waals surface area contributed by atoms with Crippen LogP contribution >= 0.6 is 0 Å². The molecule has 2 heterocycles. The zero-order valence-electron chi connectivity index (χ0n) is 20.5. The van der Waals surface area contributed by atoms with Crippen LogP contribution in [0.3, 0.4) is 0 Å². The molecule has 0 saturated heterocycles. The Morgan fingerprint density at radius 2 is 2.03 bits per heavy atom. The van der Waals surface area contributed by atoms with Crippen molar-refractivity contribution in [2.75, 3.05) is 30.9 Å². The lowest BCUT2D eigenvalue weighted by atomic mass is 9.55. The number of nitrogens with two attached hydrogens (primary N) is 1. The maximum Gasteiger partial charge on any atom is 0.256 e. The number of nitrogens with zero attached hydrogens (tertiary/aromatic N) is 3. The second kappa shape index (κ2) is 8.23. The summed E-state index contributed by atoms with van der Waals surface area (Å²) in [5.41, 5.74) is 13.0. The monoisotopic (exact) mass is 424 g/mol. The third-order valence-corrected chi connectivity index (χ3v) is 8.71. The smallest absolute Gasteiger partial charge is 0.256 e. The Bertz CT molecular complexity index is 899. The van der Waals surface area contributed by atoms with Crippen molar-refractivity contribution in [3.8, 4) is 0 Å². The Morgan fingerprint density at radius 1 is 1.26 bits per heavy atom. The van der Waals surface area contributed by atoms with Gasteiger partial charge in [-0.15, -0.1) is 0 Å². The molecule has 31 heavy (non-hydrogen) atoms. The first kappa shape index (κ1) is 22.3. The van der Waals surface area contributed by atoms with Gasteiger partial charge in [0.25, 0.3) is 5.82 Å². The predicted molar refractivity (Wildman–Crippen MR) is 129 cm³/mol. The van der Waals surface area contributed by atoms with Crippen molar-refractivity contribution in [1.29, 1.82) is 0 Å². The highest BCUT2D eigenvalue weighted by atomic mass is 15.4. The lowest BCUT2D eigenvalue weighted by Crippen LogP contribution is -3.03. The SMILES string of the molecule is CC(=CCN1C[NH+](C)c2ncnc(N)c21)CC[C@]1(C)C2=C(CC[C@H]1C)C(C)(C)CCC2. The minimum absolute atomic E-state index is 0.350. The Morgan fingerprint density at radius 3 is 2.81 bits per heavy atom. The minimum Gasteiger partial charge on any atom is -0.382 e. The molecule has 1 aromatic rings. The fourth-order valence-electron chi connectivity index (χ4n) is 6.35. The van der Waals surface area contributed by atoms with E-state index in [9.17, 15) is 0 Å². The van der Waals surface area contributed by atoms with Crippen molar-refractivity contribution < 1.29 is 4.90 Å². The molecule has 5 nitrogen and oxygen atoms in total. The van der Waals surface area contributed by atoms with E-state index in [1.807, 2.05) is 5.57 Å². The van der Waals surface area contributed by atoms with Crippen molar-refractivity contribution in [3.05, 3.63) is 29.1 Å². The van der Waals surface area contributed by atoms with Crippen LogP contribution in [-0.4, -0.2) is 30.2 Å². The molecule has 1 aromatic heterocycles. The van der Waals surface area contributed by atoms with Crippen molar-refractivity contribution >= 4 is 17.3 Å². The van der Waals surface area contributed by atoms with Gasteiger partial charge in [0.15, 0.2) is 18.2 Å². The summed E-state index contributed by atoms with van der Waals surface area (Å²) in [6.07, 6.45) is 13.1. The highest BCUT2D eigenvalue weighted by molar-refractivity contribution is 5.73. The van der Waals surface area contributed by atoms with Gasteiger partial charge in [0.05, 0.1) is 7.05 Å². The van der Waals surface area contributed by atoms with Gasteiger partial charge in [0, 0.05) is 6.54 Å². The Kier molecular flexibility index (Phi) is 5.93. The number of hydrogen-bond donors (Lipinski definition) is 2. The summed E-state index contributed by atoms with van der Waals surface area (Å²) >= 11 is 0. The summed E-state index contributed by atoms with van der Waals surface area (Å²) in [6.45, 7) is 14.1. The van der Waals surface area contributed by atoms with Gasteiger partial charge in [-0.1, -0.05) is 50.5 Å². The molecule has 2 aliphatic carbocycles. The Hall–Kier alpha value is -1.88. The molecule has 0 radical (unpaired) electrons. The molecule has 0 aromatic carbocycles. The molecule has 0 bridgehead atoms. The molecular weight excluding hydrogens is 382 g/mol. The van der Waals surface area contributed by atoms with Crippen molar-refractivity contribution in [2.24, 2.45) is 16.7 Å². The number of aromatic nitrogens is 2. The van der Waals surface area contributed by atoms with E-state index < -0.39 is 0 Å². The van der Waals surface area contributed by atoms with Crippen LogP contribution in [0.1, 0.15) is 79.6 Å². The van der Waals surface area contributed by atoms with E-state index in [1.165, 1.54) is 55.4 Å². The number of fused-ring (bicyclic) bond motifs is 1. The van der Waals surface area contributed by atoms with E-state index in [-0.39, 0.29) is 0 Å². The first-order valence-corrected chi connectivity index (χ1v) is 12.2. The summed E-state index contributed by atoms with van der Waals surface area (Å²) in [7, 11) is 2.14. The maximum atomic E-state index is 6.17. The lowest BCUT2D eigenvalue weighted by molar-refractivity contribution is -0.805. The zero-order chi connectivity index (χ0) is 22.4. The third-order valence-electron chi connectivity index (χ3n) is 8.71. The summed E-state index contributed by atoms with van der Waals surface area (Å²) < 4.78 is 0. The molecule has 3 atom stereocenters. The number of rotatable bonds is 5. The van der Waals surface area contributed by atoms with E-state index in [0.29, 0.717) is 16.6 Å². The topological polar surface area (TPSA) is 59.5 Å². The number of hydrogen-bond acceptors (Lipinski definition) is 4. The van der Waals surface area contributed by atoms with Crippen LogP contribution in [0, 0.1) is 16.7 Å². The van der Waals surface area contributed by atoms with Gasteiger partial charge in [-0.25, -0.2) is 4.98 Å². The summed E-state index contributed by atoms with van der Waals surface area (Å²) in [4.78, 5) is 12.3. The van der Waals surface area contributed by atoms with Crippen LogP contribution in [0.5, 0.6) is 0 Å². The fraction of sp³-hybridized carbons (Fsp3) is 0.692. The first-order valence-electron chi connectivity index (χ1n) is 12.2. The van der Waals surface area contributed by atoms with Crippen molar-refractivity contribution in [3.63, 3.8) is 0 Å². The maximum absolute atomic E-state index is 6.17. The zero-order valence-corrected chi connectivity index (χ0v) is 20.5. The average molecular weight is 425 g/mol. The van der Waals surface area contributed by atoms with Gasteiger partial charge in [-0.05, 0) is 68.6 Å². The fourth-order valence-corrected chi connectivity index (χ4v) is 6.35. The van der Waals surface area contributed by atoms with E-state index in [0.717, 1.165) is 30.6 Å². The van der Waals surface area contributed by atoms with E-state index in [1.54, 1.807) is 11.9 Å². The van der Waals surface area contributed by atoms with Crippen molar-refractivity contribution in [1.82, 2.24) is 9.97 Å². The molecule has 3 aliphatic rings. The van der Waals surface area contributed by atoms with E-state index >= 15 is 0 Å². The quantitative estimate of drug-likeness (QED) is 0.676. The number of allylic oxidation sites excluding steroid dienone is 3. The number of quaternary nitrogens is 1. The van der Waals surface area contributed by atoms with Gasteiger partial charge in [0.2, 0.25) is 0 Å². The molecule has 0 saturated carbocycles. The summed E-state index contributed by atoms with van der Waals surface area (Å²) in [6, 6.07) is 0. The van der Waals surface area contributed by atoms with Crippen LogP contribution in [-0.2, 0) is 0 Å². The first-order chi connectivity index (χ1) is 14.6. The predicted octanol–water partition coefficient (Wildman–Crippen LogP) is 4.65. The average Bonchev–Trinajstić information content (AvgIpc) is 3.05. The van der Waals surface area contributed by atoms with Crippen molar-refractivity contribution in [2.45, 2.75) is 79.6 Å². The van der Waals surface area contributed by atoms with E-state index in [2.05, 4.69) is 62.6 Å². The lowest BCUT2D eigenvalue weighted by Gasteiger charge is -2.50. The van der Waals surface area contributed by atoms with Crippen LogP contribution in [0.2, 0.25) is 0 Å². The molecule has 0 fully saturated rings. The Labute approximate surface area is 188 Å². The second-order valence-corrected chi connectivity index (χ2v) is 11.2. The molecule has 0 spiro atoms. The largest absolute Gasteiger partial charge is 0.382 e. The number of nitrogen functional groups attached to an aromatic ring is 1. The van der Waals surface area contributed by atoms with Gasteiger partial charge in [0.1, 0.15) is 6.33 Å². The molecular formula is C26H42N5+. The molecule has 3 N–H and O–H groups in total. The third kappa shape index (κ3) is 4.02. The molecule has 4 rings (SSSR count). The normalized spacial score (nSPS) is 30.4. The standard InChI is InChI=1S/C26H41N5/c1-18(12-15-31-17-30(6)24-22(31)23(27)28-16-29-24)11-14-26(5)19(2)9-10-20-21(26)8-7-13-25(20,3)4/h12,16,19H,7-11,13-15,17H2,1-6H3,(H2,27,28,29)/p+1/t19-,26+/m1/s1. The van der Waals surface area contributed by atoms with Gasteiger partial charge in [-0.3, -0.25) is 4.90 Å². The van der Waals surface area contributed by atoms with Crippen LogP contribution in [0.15, 0.2) is 29.1 Å². The molecule has 1 unspecified atom stereocenters. The van der Waals surface area contributed by atoms with Crippen LogP contribution in [0.25, 0.3) is 0 Å². The number of anilines is 2. The minimum atomic E-state index is 0.350. The second-order valence-electron chi connectivity index (χ2n) is 11.2. The summed E-state index contributed by atoms with van der Waals surface area (Å²) in [5.74, 6) is 2.38. The van der Waals surface area contributed by atoms with Crippen LogP contribution in [0.4, 0.5) is 17.3 Å². The van der Waals surface area contributed by atoms with E-state index in [4.69, 9.17) is 5.73 Å². The van der Waals surface area contributed by atoms with Crippen LogP contribution < -0.4 is 15.5 Å². The molecule has 170 valence electrons. The highest BCUT2D eigenvalue weighted by Crippen LogP contribution is 2.56. The molecule has 0 amide bonds. The van der Waals surface area contributed by atoms with Gasteiger partial charge in [-0.2, -0.15) is 4.98 Å². The van der Waals surface area contributed by atoms with Gasteiger partial charge >= 0.3 is 0 Å². The molecule has 1 aliphatic heterocycles. The van der Waals surface area contributed by atoms with Gasteiger partial charge < -0.3 is 10.6 Å². The Balaban J connectivity index is 1.46. The number of nitrogens with one attached hydrogen (secondary N) is 1. The highest BCUT2D eigenvalue weighted by Gasteiger charge is 2.44. The molecule has 5 heteroatoms.